The van der Waals surface area contributed by atoms with Gasteiger partial charge in [0.15, 0.2) is 5.82 Å². The van der Waals surface area contributed by atoms with E-state index in [2.05, 4.69) is 20.5 Å². The van der Waals surface area contributed by atoms with E-state index in [1.54, 1.807) is 38.1 Å². The fraction of sp³-hybridized carbons (Fsp3) is 0.286. The Labute approximate surface area is 121 Å². The molecule has 2 rings (SSSR count). The minimum absolute atomic E-state index is 0.195. The topological polar surface area (TPSA) is 108 Å². The molecule has 110 valence electrons. The Hall–Kier alpha value is -2.70. The molecule has 0 aliphatic heterocycles. The number of aromatic amines is 1. The van der Waals surface area contributed by atoms with Crippen molar-refractivity contribution in [1.29, 1.82) is 0 Å². The van der Waals surface area contributed by atoms with E-state index in [4.69, 9.17) is 5.11 Å². The summed E-state index contributed by atoms with van der Waals surface area (Å²) in [4.78, 5) is 27.1. The number of carbonyl (C=O) groups is 2. The molecule has 0 spiro atoms. The second kappa shape index (κ2) is 6.17. The Morgan fingerprint density at radius 1 is 1.24 bits per heavy atom. The third kappa shape index (κ3) is 3.44. The average Bonchev–Trinajstić information content (AvgIpc) is 2.98. The maximum Gasteiger partial charge on any atom is 0.326 e. The van der Waals surface area contributed by atoms with Gasteiger partial charge in [-0.25, -0.2) is 9.78 Å². The number of benzene rings is 1. The zero-order valence-electron chi connectivity index (χ0n) is 11.7. The lowest BCUT2D eigenvalue weighted by Crippen LogP contribution is -2.44. The van der Waals surface area contributed by atoms with E-state index in [-0.39, 0.29) is 5.92 Å². The summed E-state index contributed by atoms with van der Waals surface area (Å²) < 4.78 is 0. The monoisotopic (exact) mass is 288 g/mol. The normalized spacial score (nSPS) is 12.1. The van der Waals surface area contributed by atoms with Gasteiger partial charge in [0, 0.05) is 11.1 Å². The third-order valence-electron chi connectivity index (χ3n) is 3.05. The quantitative estimate of drug-likeness (QED) is 0.768. The molecule has 0 fully saturated rings. The number of hydrogen-bond donors (Lipinski definition) is 3. The molecule has 1 atom stereocenters. The maximum absolute atomic E-state index is 12.1. The highest BCUT2D eigenvalue weighted by Crippen LogP contribution is 2.14. The van der Waals surface area contributed by atoms with Crippen molar-refractivity contribution in [2.45, 2.75) is 19.9 Å². The fourth-order valence-electron chi connectivity index (χ4n) is 1.86. The van der Waals surface area contributed by atoms with E-state index in [0.717, 1.165) is 5.56 Å². The van der Waals surface area contributed by atoms with Gasteiger partial charge in [0.25, 0.3) is 5.91 Å². The van der Waals surface area contributed by atoms with Gasteiger partial charge in [-0.1, -0.05) is 26.0 Å². The van der Waals surface area contributed by atoms with Crippen molar-refractivity contribution in [3.63, 3.8) is 0 Å². The van der Waals surface area contributed by atoms with Gasteiger partial charge >= 0.3 is 5.97 Å². The van der Waals surface area contributed by atoms with Crippen LogP contribution in [0.1, 0.15) is 24.2 Å². The van der Waals surface area contributed by atoms with E-state index in [0.29, 0.717) is 11.4 Å². The number of H-pyrrole nitrogens is 1. The van der Waals surface area contributed by atoms with E-state index < -0.39 is 17.9 Å². The Morgan fingerprint density at radius 3 is 2.38 bits per heavy atom. The number of carboxylic acid groups (broad SMARTS) is 1. The van der Waals surface area contributed by atoms with Gasteiger partial charge in [0.05, 0.1) is 0 Å². The Bertz CT molecular complexity index is 620. The molecule has 7 nitrogen and oxygen atoms in total. The zero-order valence-corrected chi connectivity index (χ0v) is 11.7. The highest BCUT2D eigenvalue weighted by atomic mass is 16.4. The number of hydrogen-bond acceptors (Lipinski definition) is 4. The Morgan fingerprint density at radius 2 is 1.90 bits per heavy atom. The molecule has 1 aromatic heterocycles. The van der Waals surface area contributed by atoms with E-state index >= 15 is 0 Å². The summed E-state index contributed by atoms with van der Waals surface area (Å²) in [5, 5.41) is 18.1. The van der Waals surface area contributed by atoms with Crippen LogP contribution in [0.2, 0.25) is 0 Å². The van der Waals surface area contributed by atoms with E-state index in [1.807, 2.05) is 0 Å². The summed E-state index contributed by atoms with van der Waals surface area (Å²) in [6.07, 6.45) is 1.40. The van der Waals surface area contributed by atoms with Crippen molar-refractivity contribution in [2.75, 3.05) is 0 Å². The smallest absolute Gasteiger partial charge is 0.326 e. The van der Waals surface area contributed by atoms with Gasteiger partial charge < -0.3 is 10.4 Å². The Kier molecular flexibility index (Phi) is 4.32. The minimum atomic E-state index is -1.04. The molecule has 0 unspecified atom stereocenters. The molecule has 1 heterocycles. The molecular formula is C14H16N4O3. The first-order chi connectivity index (χ1) is 9.99. The molecule has 21 heavy (non-hydrogen) atoms. The molecule has 1 amide bonds. The van der Waals surface area contributed by atoms with E-state index in [9.17, 15) is 9.59 Å². The van der Waals surface area contributed by atoms with Crippen LogP contribution in [-0.4, -0.2) is 38.2 Å². The number of aromatic nitrogens is 3. The van der Waals surface area contributed by atoms with Crippen LogP contribution in [-0.2, 0) is 4.79 Å². The summed E-state index contributed by atoms with van der Waals surface area (Å²) in [6, 6.07) is 5.77. The van der Waals surface area contributed by atoms with Gasteiger partial charge in [-0.3, -0.25) is 9.89 Å². The molecule has 0 saturated heterocycles. The molecule has 7 heteroatoms. The van der Waals surface area contributed by atoms with Gasteiger partial charge in [-0.15, -0.1) is 0 Å². The van der Waals surface area contributed by atoms with Crippen LogP contribution in [0.25, 0.3) is 11.4 Å². The van der Waals surface area contributed by atoms with Gasteiger partial charge in [-0.05, 0) is 18.1 Å². The summed E-state index contributed by atoms with van der Waals surface area (Å²) in [7, 11) is 0. The van der Waals surface area contributed by atoms with Crippen molar-refractivity contribution >= 4 is 11.9 Å². The van der Waals surface area contributed by atoms with E-state index in [1.165, 1.54) is 6.33 Å². The lowest BCUT2D eigenvalue weighted by Gasteiger charge is -2.17. The first-order valence-electron chi connectivity index (χ1n) is 6.48. The van der Waals surface area contributed by atoms with Gasteiger partial charge in [-0.2, -0.15) is 5.10 Å². The lowest BCUT2D eigenvalue weighted by molar-refractivity contribution is -0.140. The molecule has 0 aliphatic rings. The number of amides is 1. The van der Waals surface area contributed by atoms with Crippen molar-refractivity contribution in [1.82, 2.24) is 20.5 Å². The number of nitrogens with zero attached hydrogens (tertiary/aromatic N) is 2. The van der Waals surface area contributed by atoms with Gasteiger partial charge in [0.1, 0.15) is 12.4 Å². The van der Waals surface area contributed by atoms with Crippen LogP contribution in [0.4, 0.5) is 0 Å². The van der Waals surface area contributed by atoms with Crippen LogP contribution >= 0.6 is 0 Å². The van der Waals surface area contributed by atoms with Crippen LogP contribution < -0.4 is 5.32 Å². The predicted molar refractivity (Wildman–Crippen MR) is 75.5 cm³/mol. The number of aliphatic carboxylic acids is 1. The predicted octanol–water partition coefficient (Wildman–Crippen LogP) is 1.31. The van der Waals surface area contributed by atoms with Crippen molar-refractivity contribution < 1.29 is 14.7 Å². The van der Waals surface area contributed by atoms with Crippen LogP contribution in [0.5, 0.6) is 0 Å². The first kappa shape index (κ1) is 14.7. The maximum atomic E-state index is 12.1. The molecule has 0 bridgehead atoms. The SMILES string of the molecule is CC(C)[C@@H](NC(=O)c1ccc(-c2ncn[nH]2)cc1)C(=O)O. The second-order valence-corrected chi connectivity index (χ2v) is 4.94. The summed E-state index contributed by atoms with van der Waals surface area (Å²) in [5.74, 6) is -1.05. The van der Waals surface area contributed by atoms with Crippen LogP contribution in [0.3, 0.4) is 0 Å². The average molecular weight is 288 g/mol. The van der Waals surface area contributed by atoms with Crippen molar-refractivity contribution in [3.05, 3.63) is 36.2 Å². The van der Waals surface area contributed by atoms with Crippen LogP contribution in [0.15, 0.2) is 30.6 Å². The number of nitrogens with one attached hydrogen (secondary N) is 2. The van der Waals surface area contributed by atoms with Gasteiger partial charge in [0.2, 0.25) is 0 Å². The molecular weight excluding hydrogens is 272 g/mol. The number of rotatable bonds is 5. The highest BCUT2D eigenvalue weighted by molar-refractivity contribution is 5.96. The molecule has 2 aromatic rings. The summed E-state index contributed by atoms with van der Waals surface area (Å²) in [5.41, 5.74) is 1.19. The number of carbonyl (C=O) groups excluding carboxylic acids is 1. The molecule has 1 aromatic carbocycles. The molecule has 3 N–H and O–H groups in total. The molecule has 0 radical (unpaired) electrons. The zero-order chi connectivity index (χ0) is 15.4. The largest absolute Gasteiger partial charge is 0.480 e. The third-order valence-corrected chi connectivity index (χ3v) is 3.05. The molecule has 0 aliphatic carbocycles. The van der Waals surface area contributed by atoms with Crippen molar-refractivity contribution in [3.8, 4) is 11.4 Å². The summed E-state index contributed by atoms with van der Waals surface area (Å²) in [6.45, 7) is 3.48. The van der Waals surface area contributed by atoms with Crippen molar-refractivity contribution in [2.24, 2.45) is 5.92 Å². The highest BCUT2D eigenvalue weighted by Gasteiger charge is 2.23. The molecule has 0 saturated carbocycles. The standard InChI is InChI=1S/C14H16N4O3/c1-8(2)11(14(20)21)17-13(19)10-5-3-9(4-6-10)12-15-7-16-18-12/h3-8,11H,1-2H3,(H,17,19)(H,20,21)(H,15,16,18)/t11-/m1/s1. The Balaban J connectivity index is 2.11. The number of carboxylic acids is 1. The first-order valence-corrected chi connectivity index (χ1v) is 6.48. The lowest BCUT2D eigenvalue weighted by atomic mass is 10.0. The van der Waals surface area contributed by atoms with Crippen LogP contribution in [0, 0.1) is 5.92 Å². The second-order valence-electron chi connectivity index (χ2n) is 4.94. The minimum Gasteiger partial charge on any atom is -0.480 e. The fourth-order valence-corrected chi connectivity index (χ4v) is 1.86. The summed E-state index contributed by atoms with van der Waals surface area (Å²) >= 11 is 0.